The van der Waals surface area contributed by atoms with E-state index in [2.05, 4.69) is 10.5 Å². The van der Waals surface area contributed by atoms with E-state index in [1.165, 1.54) is 18.3 Å². The van der Waals surface area contributed by atoms with Crippen molar-refractivity contribution in [3.63, 3.8) is 0 Å². The highest BCUT2D eigenvalue weighted by Gasteiger charge is 2.10. The molecular formula is C11H16N2O3. The van der Waals surface area contributed by atoms with Crippen LogP contribution in [-0.4, -0.2) is 27.1 Å². The minimum Gasteiger partial charge on any atom is -0.504 e. The van der Waals surface area contributed by atoms with E-state index in [9.17, 15) is 10.2 Å². The van der Waals surface area contributed by atoms with E-state index in [0.717, 1.165) is 0 Å². The van der Waals surface area contributed by atoms with Gasteiger partial charge in [-0.15, -0.1) is 0 Å². The molecule has 1 rings (SSSR count). The number of phenolic OH excluding ortho intramolecular Hbond substituents is 3. The Morgan fingerprint density at radius 2 is 1.75 bits per heavy atom. The fourth-order valence-electron chi connectivity index (χ4n) is 0.984. The van der Waals surface area contributed by atoms with Gasteiger partial charge in [0.25, 0.3) is 0 Å². The van der Waals surface area contributed by atoms with E-state index < -0.39 is 5.75 Å². The monoisotopic (exact) mass is 224 g/mol. The topological polar surface area (TPSA) is 85.1 Å². The summed E-state index contributed by atoms with van der Waals surface area (Å²) in [6.45, 7) is 5.83. The van der Waals surface area contributed by atoms with Crippen molar-refractivity contribution in [2.75, 3.05) is 0 Å². The third-order valence-corrected chi connectivity index (χ3v) is 1.76. The summed E-state index contributed by atoms with van der Waals surface area (Å²) in [6, 6.07) is 2.74. The standard InChI is InChI=1S/C11H16N2O3/c1-11(2,3)13-12-6-7-4-5-8(14)10(16)9(7)15/h4-6,13-16H,1-3H3/b12-6+. The number of phenols is 3. The summed E-state index contributed by atoms with van der Waals surface area (Å²) in [5, 5.41) is 31.8. The summed E-state index contributed by atoms with van der Waals surface area (Å²) < 4.78 is 0. The lowest BCUT2D eigenvalue weighted by Crippen LogP contribution is -2.31. The van der Waals surface area contributed by atoms with Crippen LogP contribution in [0.3, 0.4) is 0 Å². The molecule has 0 spiro atoms. The molecule has 0 bridgehead atoms. The van der Waals surface area contributed by atoms with Gasteiger partial charge in [0.15, 0.2) is 11.5 Å². The minimum atomic E-state index is -0.542. The Hall–Kier alpha value is -1.91. The van der Waals surface area contributed by atoms with Gasteiger partial charge in [-0.25, -0.2) is 0 Å². The van der Waals surface area contributed by atoms with Crippen LogP contribution in [0.2, 0.25) is 0 Å². The molecule has 0 radical (unpaired) electrons. The molecule has 88 valence electrons. The Bertz CT molecular complexity index is 408. The van der Waals surface area contributed by atoms with Gasteiger partial charge in [0, 0.05) is 11.1 Å². The van der Waals surface area contributed by atoms with Gasteiger partial charge in [0.05, 0.1) is 6.21 Å². The van der Waals surface area contributed by atoms with Crippen LogP contribution < -0.4 is 5.43 Å². The maximum absolute atomic E-state index is 9.48. The van der Waals surface area contributed by atoms with E-state index in [-0.39, 0.29) is 17.0 Å². The third kappa shape index (κ3) is 3.05. The Morgan fingerprint density at radius 1 is 1.12 bits per heavy atom. The molecule has 0 unspecified atom stereocenters. The molecule has 0 saturated carbocycles. The number of aromatic hydroxyl groups is 3. The zero-order chi connectivity index (χ0) is 12.3. The van der Waals surface area contributed by atoms with Gasteiger partial charge >= 0.3 is 0 Å². The summed E-state index contributed by atoms with van der Waals surface area (Å²) in [7, 11) is 0. The van der Waals surface area contributed by atoms with Gasteiger partial charge in [-0.2, -0.15) is 5.10 Å². The van der Waals surface area contributed by atoms with Crippen LogP contribution in [0.5, 0.6) is 17.2 Å². The second kappa shape index (κ2) is 4.30. The van der Waals surface area contributed by atoms with E-state index in [4.69, 9.17) is 5.11 Å². The zero-order valence-electron chi connectivity index (χ0n) is 9.52. The molecule has 0 atom stereocenters. The second-order valence-electron chi connectivity index (χ2n) is 4.49. The van der Waals surface area contributed by atoms with E-state index >= 15 is 0 Å². The van der Waals surface area contributed by atoms with Crippen molar-refractivity contribution >= 4 is 6.21 Å². The molecule has 16 heavy (non-hydrogen) atoms. The van der Waals surface area contributed by atoms with Crippen molar-refractivity contribution in [3.05, 3.63) is 17.7 Å². The summed E-state index contributed by atoms with van der Waals surface area (Å²) in [5.74, 6) is -1.29. The Kier molecular flexibility index (Phi) is 3.27. The molecule has 0 aromatic heterocycles. The lowest BCUT2D eigenvalue weighted by atomic mass is 10.1. The maximum atomic E-state index is 9.48. The number of hydrogen-bond acceptors (Lipinski definition) is 5. The van der Waals surface area contributed by atoms with E-state index in [0.29, 0.717) is 5.56 Å². The van der Waals surface area contributed by atoms with Crippen molar-refractivity contribution in [1.82, 2.24) is 5.43 Å². The van der Waals surface area contributed by atoms with Crippen LogP contribution in [0.25, 0.3) is 0 Å². The first-order valence-electron chi connectivity index (χ1n) is 4.85. The molecule has 5 heteroatoms. The molecule has 1 aromatic rings. The lowest BCUT2D eigenvalue weighted by molar-refractivity contribution is 0.367. The predicted molar refractivity (Wildman–Crippen MR) is 61.9 cm³/mol. The van der Waals surface area contributed by atoms with Crippen molar-refractivity contribution in [3.8, 4) is 17.2 Å². The molecule has 0 aliphatic rings. The molecule has 0 amide bonds. The lowest BCUT2D eigenvalue weighted by Gasteiger charge is -2.17. The van der Waals surface area contributed by atoms with Gasteiger partial charge in [0.1, 0.15) is 0 Å². The van der Waals surface area contributed by atoms with Gasteiger partial charge < -0.3 is 20.7 Å². The molecular weight excluding hydrogens is 208 g/mol. The average molecular weight is 224 g/mol. The normalized spacial score (nSPS) is 11.9. The molecule has 0 aliphatic carbocycles. The van der Waals surface area contributed by atoms with Crippen LogP contribution in [-0.2, 0) is 0 Å². The fourth-order valence-corrected chi connectivity index (χ4v) is 0.984. The maximum Gasteiger partial charge on any atom is 0.200 e. The van der Waals surface area contributed by atoms with Crippen LogP contribution >= 0.6 is 0 Å². The predicted octanol–water partition coefficient (Wildman–Crippen LogP) is 1.53. The van der Waals surface area contributed by atoms with E-state index in [1.54, 1.807) is 0 Å². The molecule has 4 N–H and O–H groups in total. The SMILES string of the molecule is CC(C)(C)N/N=C/c1ccc(O)c(O)c1O. The number of hydrogen-bond donors (Lipinski definition) is 4. The van der Waals surface area contributed by atoms with Crippen molar-refractivity contribution in [1.29, 1.82) is 0 Å². The number of rotatable bonds is 2. The van der Waals surface area contributed by atoms with Crippen molar-refractivity contribution < 1.29 is 15.3 Å². The molecule has 0 saturated heterocycles. The molecule has 0 aliphatic heterocycles. The third-order valence-electron chi connectivity index (χ3n) is 1.76. The van der Waals surface area contributed by atoms with Gasteiger partial charge in [-0.1, -0.05) is 0 Å². The molecule has 5 nitrogen and oxygen atoms in total. The number of nitrogens with one attached hydrogen (secondary N) is 1. The second-order valence-corrected chi connectivity index (χ2v) is 4.49. The largest absolute Gasteiger partial charge is 0.504 e. The number of nitrogens with zero attached hydrogens (tertiary/aromatic N) is 1. The Labute approximate surface area is 94.1 Å². The Balaban J connectivity index is 2.87. The molecule has 0 fully saturated rings. The fraction of sp³-hybridized carbons (Fsp3) is 0.364. The average Bonchev–Trinajstić information content (AvgIpc) is 2.16. The zero-order valence-corrected chi connectivity index (χ0v) is 9.52. The highest BCUT2D eigenvalue weighted by atomic mass is 16.3. The first-order chi connectivity index (χ1) is 7.31. The number of benzene rings is 1. The number of hydrazone groups is 1. The van der Waals surface area contributed by atoms with Crippen LogP contribution in [0.4, 0.5) is 0 Å². The molecule has 0 heterocycles. The quantitative estimate of drug-likeness (QED) is 0.348. The minimum absolute atomic E-state index is 0.176. The van der Waals surface area contributed by atoms with Crippen LogP contribution in [0, 0.1) is 0 Å². The summed E-state index contributed by atoms with van der Waals surface area (Å²) in [5.41, 5.74) is 3.00. The first kappa shape index (κ1) is 12.2. The van der Waals surface area contributed by atoms with Crippen molar-refractivity contribution in [2.45, 2.75) is 26.3 Å². The van der Waals surface area contributed by atoms with Crippen molar-refractivity contribution in [2.24, 2.45) is 5.10 Å². The van der Waals surface area contributed by atoms with Crippen LogP contribution in [0.1, 0.15) is 26.3 Å². The van der Waals surface area contributed by atoms with Crippen LogP contribution in [0.15, 0.2) is 17.2 Å². The summed E-state index contributed by atoms with van der Waals surface area (Å²) in [6.07, 6.45) is 1.37. The molecule has 1 aromatic carbocycles. The Morgan fingerprint density at radius 3 is 2.31 bits per heavy atom. The van der Waals surface area contributed by atoms with Gasteiger partial charge in [-0.3, -0.25) is 0 Å². The van der Waals surface area contributed by atoms with Gasteiger partial charge in [-0.05, 0) is 32.9 Å². The summed E-state index contributed by atoms with van der Waals surface area (Å²) >= 11 is 0. The summed E-state index contributed by atoms with van der Waals surface area (Å²) in [4.78, 5) is 0. The van der Waals surface area contributed by atoms with E-state index in [1.807, 2.05) is 20.8 Å². The van der Waals surface area contributed by atoms with Gasteiger partial charge in [0.2, 0.25) is 5.75 Å². The highest BCUT2D eigenvalue weighted by molar-refractivity contribution is 5.85. The smallest absolute Gasteiger partial charge is 0.200 e. The highest BCUT2D eigenvalue weighted by Crippen LogP contribution is 2.36. The first-order valence-corrected chi connectivity index (χ1v) is 4.85.